The highest BCUT2D eigenvalue weighted by molar-refractivity contribution is 5.93. The van der Waals surface area contributed by atoms with Crippen molar-refractivity contribution in [3.8, 4) is 23.1 Å². The maximum absolute atomic E-state index is 13.3. The molecule has 0 radical (unpaired) electrons. The minimum atomic E-state index is -0.669. The Hall–Kier alpha value is -3.50. The minimum absolute atomic E-state index is 0.0729. The number of para-hydroxylation sites is 2. The Kier molecular flexibility index (Phi) is 8.09. The molecule has 2 atom stereocenters. The van der Waals surface area contributed by atoms with Gasteiger partial charge in [-0.05, 0) is 45.2 Å². The first-order valence-electron chi connectivity index (χ1n) is 12.6. The Labute approximate surface area is 217 Å². The summed E-state index contributed by atoms with van der Waals surface area (Å²) in [6.07, 6.45) is 3.81. The van der Waals surface area contributed by atoms with E-state index in [-0.39, 0.29) is 23.8 Å². The van der Waals surface area contributed by atoms with Crippen molar-refractivity contribution in [1.82, 2.24) is 14.3 Å². The lowest BCUT2D eigenvalue weighted by atomic mass is 10.0. The number of hydrogen-bond donors (Lipinski definition) is 2. The zero-order valence-corrected chi connectivity index (χ0v) is 22.0. The number of aromatic nitrogens is 3. The van der Waals surface area contributed by atoms with Crippen molar-refractivity contribution in [3.63, 3.8) is 0 Å². The molecule has 0 unspecified atom stereocenters. The Balaban J connectivity index is 1.47. The van der Waals surface area contributed by atoms with E-state index >= 15 is 0 Å². The van der Waals surface area contributed by atoms with Gasteiger partial charge in [0.05, 0.1) is 26.0 Å². The number of benzene rings is 1. The average Bonchev–Trinajstić information content (AvgIpc) is 3.52. The lowest BCUT2D eigenvalue weighted by Crippen LogP contribution is -2.27. The molecule has 0 aliphatic carbocycles. The van der Waals surface area contributed by atoms with Gasteiger partial charge in [-0.25, -0.2) is 0 Å². The lowest BCUT2D eigenvalue weighted by molar-refractivity contribution is -0.139. The van der Waals surface area contributed by atoms with Crippen LogP contribution in [0.2, 0.25) is 0 Å². The van der Waals surface area contributed by atoms with Crippen molar-refractivity contribution >= 4 is 11.7 Å². The molecule has 1 aromatic carbocycles. The van der Waals surface area contributed by atoms with Crippen LogP contribution in [0.4, 0.5) is 5.82 Å². The van der Waals surface area contributed by atoms with Gasteiger partial charge in [0.1, 0.15) is 17.9 Å². The van der Waals surface area contributed by atoms with Gasteiger partial charge in [0.25, 0.3) is 0 Å². The molecule has 37 heavy (non-hydrogen) atoms. The van der Waals surface area contributed by atoms with E-state index in [4.69, 9.17) is 18.9 Å². The highest BCUT2D eigenvalue weighted by Crippen LogP contribution is 2.36. The molecular weight excluding hydrogens is 476 g/mol. The van der Waals surface area contributed by atoms with Crippen LogP contribution in [-0.2, 0) is 20.8 Å². The number of amides is 1. The third-order valence-corrected chi connectivity index (χ3v) is 5.86. The molecule has 200 valence electrons. The van der Waals surface area contributed by atoms with Crippen LogP contribution < -0.4 is 14.8 Å². The first kappa shape index (κ1) is 26.6. The Bertz CT molecular complexity index is 1200. The number of nitrogens with one attached hydrogen (secondary N) is 1. The van der Waals surface area contributed by atoms with Crippen LogP contribution in [0.3, 0.4) is 0 Å². The van der Waals surface area contributed by atoms with Crippen LogP contribution in [0, 0.1) is 5.92 Å². The molecule has 0 bridgehead atoms. The molecule has 1 amide bonds. The highest BCUT2D eigenvalue weighted by Gasteiger charge is 2.33. The largest absolute Gasteiger partial charge is 0.494 e. The summed E-state index contributed by atoms with van der Waals surface area (Å²) >= 11 is 0. The van der Waals surface area contributed by atoms with E-state index in [9.17, 15) is 9.90 Å². The Morgan fingerprint density at radius 2 is 2.03 bits per heavy atom. The van der Waals surface area contributed by atoms with E-state index in [2.05, 4.69) is 10.4 Å². The van der Waals surface area contributed by atoms with E-state index < -0.39 is 11.8 Å². The summed E-state index contributed by atoms with van der Waals surface area (Å²) in [7, 11) is 0. The highest BCUT2D eigenvalue weighted by atomic mass is 16.7. The van der Waals surface area contributed by atoms with Crippen LogP contribution in [0.5, 0.6) is 23.1 Å². The monoisotopic (exact) mass is 512 g/mol. The van der Waals surface area contributed by atoms with Gasteiger partial charge < -0.3 is 33.9 Å². The summed E-state index contributed by atoms with van der Waals surface area (Å²) in [5.41, 5.74) is 0. The topological polar surface area (TPSA) is 109 Å². The summed E-state index contributed by atoms with van der Waals surface area (Å²) in [5.74, 6) is 1.18. The quantitative estimate of drug-likeness (QED) is 0.374. The lowest BCUT2D eigenvalue weighted by Gasteiger charge is -2.20. The summed E-state index contributed by atoms with van der Waals surface area (Å²) in [4.78, 5) is 13.3. The van der Waals surface area contributed by atoms with Crippen molar-refractivity contribution in [2.75, 3.05) is 18.5 Å². The minimum Gasteiger partial charge on any atom is -0.494 e. The second-order valence-corrected chi connectivity index (χ2v) is 9.93. The predicted octanol–water partition coefficient (Wildman–Crippen LogP) is 4.96. The number of anilines is 1. The van der Waals surface area contributed by atoms with Crippen LogP contribution >= 0.6 is 0 Å². The Morgan fingerprint density at radius 1 is 1.27 bits per heavy atom. The number of ether oxygens (including phenoxy) is 4. The zero-order valence-electron chi connectivity index (χ0n) is 22.0. The second-order valence-electron chi connectivity index (χ2n) is 9.93. The molecule has 2 aromatic heterocycles. The molecule has 2 N–H and O–H groups in total. The number of rotatable bonds is 11. The summed E-state index contributed by atoms with van der Waals surface area (Å²) in [6, 6.07) is 9.87. The molecule has 1 saturated heterocycles. The van der Waals surface area contributed by atoms with Gasteiger partial charge in [-0.2, -0.15) is 5.10 Å². The fourth-order valence-electron chi connectivity index (χ4n) is 4.28. The summed E-state index contributed by atoms with van der Waals surface area (Å²) in [6.45, 7) is 11.2. The van der Waals surface area contributed by atoms with E-state index in [1.807, 2.05) is 52.8 Å². The summed E-state index contributed by atoms with van der Waals surface area (Å²) < 4.78 is 26.3. The van der Waals surface area contributed by atoms with E-state index in [1.165, 1.54) is 10.6 Å². The zero-order chi connectivity index (χ0) is 26.6. The number of carbonyl (C=O) groups excluding carboxylic acids is 1. The third kappa shape index (κ3) is 6.84. The summed E-state index contributed by atoms with van der Waals surface area (Å²) in [5, 5.41) is 18.1. The smallest absolute Gasteiger partial charge is 0.248 e. The third-order valence-electron chi connectivity index (χ3n) is 5.86. The maximum Gasteiger partial charge on any atom is 0.248 e. The van der Waals surface area contributed by atoms with Crippen LogP contribution in [0.1, 0.15) is 47.1 Å². The Morgan fingerprint density at radius 3 is 2.70 bits per heavy atom. The van der Waals surface area contributed by atoms with Crippen LogP contribution in [0.25, 0.3) is 0 Å². The number of carbonyl (C=O) groups is 1. The SMILES string of the molecule is CCOc1ccccc1Oc1cc(O)n([C@@H](CC(C)C)C(=O)Nc2ccn(C[C@@H]3COC(C)(C)O3)n2)c1. The molecule has 3 aromatic rings. The second kappa shape index (κ2) is 11.3. The van der Waals surface area contributed by atoms with Crippen molar-refractivity contribution in [2.45, 2.75) is 65.5 Å². The molecule has 4 rings (SSSR count). The fraction of sp³-hybridized carbons (Fsp3) is 0.481. The molecule has 3 heterocycles. The number of aromatic hydroxyl groups is 1. The first-order chi connectivity index (χ1) is 17.6. The number of hydrogen-bond acceptors (Lipinski definition) is 7. The van der Waals surface area contributed by atoms with E-state index in [0.717, 1.165) is 0 Å². The van der Waals surface area contributed by atoms with Gasteiger partial charge >= 0.3 is 0 Å². The molecule has 1 aliphatic heterocycles. The standard InChI is InChI=1S/C27H36N4O6/c1-6-34-22-9-7-8-10-23(22)36-19-14-25(32)31(16-19)21(13-18(2)3)26(33)28-24-11-12-30(29-24)15-20-17-35-27(4,5)37-20/h7-12,14,16,18,20-21,32H,6,13,15,17H2,1-5H3,(H,28,29,33)/t20-,21+/m1/s1. The van der Waals surface area contributed by atoms with Crippen molar-refractivity contribution in [2.24, 2.45) is 5.92 Å². The molecular formula is C27H36N4O6. The van der Waals surface area contributed by atoms with Crippen molar-refractivity contribution in [3.05, 3.63) is 48.8 Å². The molecule has 1 aliphatic rings. The van der Waals surface area contributed by atoms with Gasteiger partial charge in [0.15, 0.2) is 29.0 Å². The molecule has 1 fully saturated rings. The maximum atomic E-state index is 13.3. The first-order valence-corrected chi connectivity index (χ1v) is 12.6. The molecule has 10 heteroatoms. The van der Waals surface area contributed by atoms with Crippen LogP contribution in [-0.4, -0.2) is 50.5 Å². The van der Waals surface area contributed by atoms with Gasteiger partial charge in [-0.1, -0.05) is 26.0 Å². The molecule has 10 nitrogen and oxygen atoms in total. The number of nitrogens with zero attached hydrogens (tertiary/aromatic N) is 3. The average molecular weight is 513 g/mol. The normalized spacial score (nSPS) is 17.6. The van der Waals surface area contributed by atoms with Gasteiger partial charge in [0, 0.05) is 18.3 Å². The molecule has 0 spiro atoms. The van der Waals surface area contributed by atoms with Crippen molar-refractivity contribution < 1.29 is 28.8 Å². The van der Waals surface area contributed by atoms with Crippen LogP contribution in [0.15, 0.2) is 48.8 Å². The predicted molar refractivity (Wildman–Crippen MR) is 138 cm³/mol. The van der Waals surface area contributed by atoms with E-state index in [0.29, 0.717) is 49.2 Å². The molecule has 0 saturated carbocycles. The van der Waals surface area contributed by atoms with Gasteiger partial charge in [0.2, 0.25) is 5.91 Å². The van der Waals surface area contributed by atoms with Crippen molar-refractivity contribution in [1.29, 1.82) is 0 Å². The van der Waals surface area contributed by atoms with Gasteiger partial charge in [-0.3, -0.25) is 9.48 Å². The van der Waals surface area contributed by atoms with E-state index in [1.54, 1.807) is 29.2 Å². The fourth-order valence-corrected chi connectivity index (χ4v) is 4.28. The van der Waals surface area contributed by atoms with Gasteiger partial charge in [-0.15, -0.1) is 0 Å².